The number of nitrogens with zero attached hydrogens (tertiary/aromatic N) is 2. The number of allylic oxidation sites excluding steroid dienone is 3. The van der Waals surface area contributed by atoms with Crippen LogP contribution in [0.4, 0.5) is 0 Å². The van der Waals surface area contributed by atoms with Crippen LogP contribution in [0.15, 0.2) is 118 Å². The lowest BCUT2D eigenvalue weighted by Crippen LogP contribution is -2.37. The van der Waals surface area contributed by atoms with E-state index in [9.17, 15) is 15.0 Å². The number of nitrogens with one attached hydrogen (secondary N) is 2. The molecule has 0 fully saturated rings. The monoisotopic (exact) mass is 828 g/mol. The number of rotatable bonds is 21. The number of benzene rings is 4. The van der Waals surface area contributed by atoms with Crippen molar-refractivity contribution in [3.05, 3.63) is 142 Å². The smallest absolute Gasteiger partial charge is 0.320 e. The van der Waals surface area contributed by atoms with Crippen LogP contribution in [0.2, 0.25) is 10.0 Å². The number of aliphatic hydroxyl groups excluding tert-OH is 1. The normalized spacial score (nSPS) is 12.5. The summed E-state index contributed by atoms with van der Waals surface area (Å²) in [5, 5.41) is 25.8. The molecule has 4 aromatic carbocycles. The molecule has 1 unspecified atom stereocenters. The van der Waals surface area contributed by atoms with Crippen LogP contribution in [0, 0.1) is 0 Å². The Hall–Kier alpha value is -5.83. The highest BCUT2D eigenvalue weighted by molar-refractivity contribution is 6.32. The molecule has 2 aromatic heterocycles. The van der Waals surface area contributed by atoms with E-state index in [1.54, 1.807) is 55.5 Å². The second-order valence-electron chi connectivity index (χ2n) is 13.0. The second-order valence-corrected chi connectivity index (χ2v) is 13.9. The number of oxazole rings is 2. The number of ether oxygens (including phenoxy) is 4. The average molecular weight is 830 g/mol. The molecule has 13 nitrogen and oxygen atoms in total. The fourth-order valence-corrected chi connectivity index (χ4v) is 6.36. The van der Waals surface area contributed by atoms with Crippen LogP contribution in [0.1, 0.15) is 35.6 Å². The zero-order valence-electron chi connectivity index (χ0n) is 31.8. The summed E-state index contributed by atoms with van der Waals surface area (Å²) in [6, 6.07) is 17.1. The van der Waals surface area contributed by atoms with E-state index in [0.29, 0.717) is 68.1 Å². The molecule has 0 saturated heterocycles. The van der Waals surface area contributed by atoms with Gasteiger partial charge in [0.25, 0.3) is 0 Å². The zero-order chi connectivity index (χ0) is 41.0. The number of fused-ring (bicyclic) bond motifs is 2. The Kier molecular flexibility index (Phi) is 14.4. The molecule has 0 aliphatic rings. The molecule has 302 valence electrons. The molecule has 6 aromatic rings. The summed E-state index contributed by atoms with van der Waals surface area (Å²) in [5.74, 6) is 1.08. The fraction of sp³-hybridized carbons (Fsp3) is 0.233. The van der Waals surface area contributed by atoms with Gasteiger partial charge in [-0.3, -0.25) is 4.79 Å². The zero-order valence-corrected chi connectivity index (χ0v) is 33.3. The number of aliphatic carboxylic acids is 1. The van der Waals surface area contributed by atoms with Gasteiger partial charge in [-0.1, -0.05) is 60.1 Å². The summed E-state index contributed by atoms with van der Waals surface area (Å²) in [6.07, 6.45) is 7.99. The maximum atomic E-state index is 11.8. The molecule has 58 heavy (non-hydrogen) atoms. The lowest BCUT2D eigenvalue weighted by molar-refractivity contribution is -0.140. The van der Waals surface area contributed by atoms with Gasteiger partial charge in [-0.15, -0.1) is 0 Å². The van der Waals surface area contributed by atoms with Crippen molar-refractivity contribution in [3.8, 4) is 23.0 Å². The maximum Gasteiger partial charge on any atom is 0.320 e. The Morgan fingerprint density at radius 1 is 0.845 bits per heavy atom. The van der Waals surface area contributed by atoms with E-state index in [0.717, 1.165) is 22.2 Å². The van der Waals surface area contributed by atoms with Gasteiger partial charge >= 0.3 is 5.97 Å². The molecule has 6 rings (SSSR count). The molecular formula is C43H42Cl2N4O9. The lowest BCUT2D eigenvalue weighted by atomic mass is 10.1. The van der Waals surface area contributed by atoms with E-state index in [-0.39, 0.29) is 44.4 Å². The van der Waals surface area contributed by atoms with Crippen molar-refractivity contribution < 1.29 is 42.8 Å². The van der Waals surface area contributed by atoms with Crippen LogP contribution in [0.25, 0.3) is 22.2 Å². The third kappa shape index (κ3) is 10.8. The minimum absolute atomic E-state index is 0.0216. The minimum Gasteiger partial charge on any atom is -0.488 e. The highest BCUT2D eigenvalue weighted by Crippen LogP contribution is 2.37. The largest absolute Gasteiger partial charge is 0.488 e. The number of aliphatic hydroxyl groups is 1. The van der Waals surface area contributed by atoms with Crippen LogP contribution in [-0.4, -0.2) is 52.5 Å². The Labute approximate surface area is 344 Å². The Balaban J connectivity index is 1.23. The number of carboxylic acids is 1. The molecule has 2 heterocycles. The number of aromatic nitrogens is 2. The molecule has 4 N–H and O–H groups in total. The van der Waals surface area contributed by atoms with Gasteiger partial charge in [0.1, 0.15) is 65.7 Å². The van der Waals surface area contributed by atoms with E-state index in [2.05, 4.69) is 27.2 Å². The first-order chi connectivity index (χ1) is 28.1. The van der Waals surface area contributed by atoms with E-state index in [4.69, 9.17) is 51.0 Å². The summed E-state index contributed by atoms with van der Waals surface area (Å²) < 4.78 is 35.9. The molecule has 0 radical (unpaired) electrons. The van der Waals surface area contributed by atoms with Gasteiger partial charge in [-0.25, -0.2) is 9.97 Å². The maximum absolute atomic E-state index is 11.8. The van der Waals surface area contributed by atoms with Gasteiger partial charge in [0.15, 0.2) is 24.0 Å². The molecule has 0 bridgehead atoms. The quantitative estimate of drug-likeness (QED) is 0.0402. The third-order valence-electron chi connectivity index (χ3n) is 8.96. The van der Waals surface area contributed by atoms with E-state index in [1.807, 2.05) is 37.4 Å². The summed E-state index contributed by atoms with van der Waals surface area (Å²) in [7, 11) is 1.84. The van der Waals surface area contributed by atoms with Crippen molar-refractivity contribution in [2.45, 2.75) is 45.7 Å². The summed E-state index contributed by atoms with van der Waals surface area (Å²) in [4.78, 5) is 20.2. The number of hydrogen-bond acceptors (Lipinski definition) is 12. The Morgan fingerprint density at radius 3 is 2.00 bits per heavy atom. The number of carbonyl (C=O) groups is 1. The van der Waals surface area contributed by atoms with Crippen LogP contribution in [0.3, 0.4) is 0 Å². The minimum atomic E-state index is -1.09. The van der Waals surface area contributed by atoms with Gasteiger partial charge in [0, 0.05) is 48.5 Å². The summed E-state index contributed by atoms with van der Waals surface area (Å²) in [5.41, 5.74) is 6.57. The Morgan fingerprint density at radius 2 is 1.43 bits per heavy atom. The molecular weight excluding hydrogens is 787 g/mol. The first kappa shape index (κ1) is 41.8. The molecule has 1 atom stereocenters. The molecule has 0 amide bonds. The molecule has 0 aliphatic carbocycles. The number of halogens is 2. The van der Waals surface area contributed by atoms with Crippen LogP contribution in [-0.2, 0) is 31.1 Å². The van der Waals surface area contributed by atoms with Crippen molar-refractivity contribution in [3.63, 3.8) is 0 Å². The molecule has 0 saturated carbocycles. The summed E-state index contributed by atoms with van der Waals surface area (Å²) >= 11 is 13.5. The van der Waals surface area contributed by atoms with Gasteiger partial charge in [-0.2, -0.15) is 0 Å². The topological polar surface area (TPSA) is 171 Å². The second kappa shape index (κ2) is 20.0. The van der Waals surface area contributed by atoms with Crippen LogP contribution >= 0.6 is 23.2 Å². The van der Waals surface area contributed by atoms with E-state index >= 15 is 0 Å². The standard InChI is InChI=1S/C43H42Cl2N4O9/c1-4-5-6-29(26(2)58-42-18-40(30(19-46-3)15-33(42)45)54-22-28-8-10-38-36(14-28)49-25-57-38)23-55-41-17-39(53-21-27-7-9-37-35(13-27)48-24-56-37)31(16-32(41)44)20-47-34(11-12-50)43(51)52/h4-10,13-18,24-25,34,46-47,50H,1,11-12,19-23H2,2-3H3,(H,51,52)/b6-5-,29-26+. The van der Waals surface area contributed by atoms with Gasteiger partial charge in [-0.05, 0) is 67.9 Å². The van der Waals surface area contributed by atoms with E-state index in [1.165, 1.54) is 12.8 Å². The van der Waals surface area contributed by atoms with Gasteiger partial charge in [0.2, 0.25) is 0 Å². The van der Waals surface area contributed by atoms with E-state index < -0.39 is 12.0 Å². The third-order valence-corrected chi connectivity index (χ3v) is 9.55. The molecule has 0 spiro atoms. The average Bonchev–Trinajstić information content (AvgIpc) is 3.89. The Bertz CT molecular complexity index is 2440. The van der Waals surface area contributed by atoms with Crippen molar-refractivity contribution in [1.29, 1.82) is 0 Å². The summed E-state index contributed by atoms with van der Waals surface area (Å²) in [6.45, 7) is 6.36. The first-order valence-electron chi connectivity index (χ1n) is 18.2. The number of hydrogen-bond donors (Lipinski definition) is 4. The molecule has 0 aliphatic heterocycles. The fourth-order valence-electron chi connectivity index (χ4n) is 5.90. The lowest BCUT2D eigenvalue weighted by Gasteiger charge is -2.19. The predicted octanol–water partition coefficient (Wildman–Crippen LogP) is 8.55. The van der Waals surface area contributed by atoms with Crippen molar-refractivity contribution in [2.75, 3.05) is 20.3 Å². The number of carboxylic acid groups (broad SMARTS) is 1. The van der Waals surface area contributed by atoms with Crippen molar-refractivity contribution in [2.24, 2.45) is 0 Å². The highest BCUT2D eigenvalue weighted by Gasteiger charge is 2.20. The predicted molar refractivity (Wildman–Crippen MR) is 220 cm³/mol. The van der Waals surface area contributed by atoms with Crippen molar-refractivity contribution in [1.82, 2.24) is 20.6 Å². The van der Waals surface area contributed by atoms with Crippen LogP contribution < -0.4 is 29.6 Å². The SMILES string of the molecule is C=C/C=C\C(COc1cc(OCc2ccc3ocnc3c2)c(CNC(CCO)C(=O)O)cc1Cl)=C(\C)Oc1cc(OCc2ccc3ocnc3c2)c(CNC)cc1Cl. The van der Waals surface area contributed by atoms with Crippen molar-refractivity contribution >= 4 is 51.4 Å². The molecule has 15 heteroatoms. The van der Waals surface area contributed by atoms with Crippen LogP contribution in [0.5, 0.6) is 23.0 Å². The highest BCUT2D eigenvalue weighted by atomic mass is 35.5. The van der Waals surface area contributed by atoms with Gasteiger partial charge in [0.05, 0.1) is 10.0 Å². The first-order valence-corrected chi connectivity index (χ1v) is 19.0. The van der Waals surface area contributed by atoms with Gasteiger partial charge < -0.3 is 48.6 Å².